The molecular weight excluding hydrogens is 550 g/mol. The zero-order chi connectivity index (χ0) is 29.7. The van der Waals surface area contributed by atoms with E-state index in [2.05, 4.69) is 160 Å². The molecule has 0 N–H and O–H groups in total. The SMILES string of the molecule is c1ccc(N(c2ccccc2)c2cccc(-n3c4ccccc4c4ncc5c6ncccc6n(-c6ccccc6)c5c43)c2)cc1. The fourth-order valence-corrected chi connectivity index (χ4v) is 6.68. The Morgan fingerprint density at radius 3 is 1.78 bits per heavy atom. The third kappa shape index (κ3) is 3.95. The van der Waals surface area contributed by atoms with Gasteiger partial charge in [0.1, 0.15) is 0 Å². The van der Waals surface area contributed by atoms with Crippen LogP contribution in [0.3, 0.4) is 0 Å². The highest BCUT2D eigenvalue weighted by Crippen LogP contribution is 2.41. The summed E-state index contributed by atoms with van der Waals surface area (Å²) in [5.41, 5.74) is 11.6. The third-order valence-corrected chi connectivity index (χ3v) is 8.55. The van der Waals surface area contributed by atoms with E-state index in [1.54, 1.807) is 0 Å². The molecule has 0 aliphatic heterocycles. The summed E-state index contributed by atoms with van der Waals surface area (Å²) in [5.74, 6) is 0. The van der Waals surface area contributed by atoms with Crippen LogP contribution in [0.25, 0.3) is 55.2 Å². The first-order valence-corrected chi connectivity index (χ1v) is 15.1. The fourth-order valence-electron chi connectivity index (χ4n) is 6.68. The van der Waals surface area contributed by atoms with E-state index in [4.69, 9.17) is 9.97 Å². The lowest BCUT2D eigenvalue weighted by Gasteiger charge is -2.26. The van der Waals surface area contributed by atoms with Crippen molar-refractivity contribution in [3.8, 4) is 11.4 Å². The van der Waals surface area contributed by atoms with Gasteiger partial charge in [-0.1, -0.05) is 78.9 Å². The molecule has 0 unspecified atom stereocenters. The highest BCUT2D eigenvalue weighted by atomic mass is 15.1. The standard InChI is InChI=1S/C40H27N5/c1-4-14-28(15-5-1)43(29-16-6-2-7-17-29)31-20-12-21-32(26-31)45-35-23-11-10-22-33(35)38-40(45)39-34(27-42-38)37-36(24-13-25-41-37)44(39)30-18-8-3-9-19-30/h1-27H. The van der Waals surface area contributed by atoms with Crippen LogP contribution in [0.1, 0.15) is 0 Å². The van der Waals surface area contributed by atoms with Crippen molar-refractivity contribution in [2.45, 2.75) is 0 Å². The van der Waals surface area contributed by atoms with E-state index >= 15 is 0 Å². The van der Waals surface area contributed by atoms with Crippen LogP contribution in [0.15, 0.2) is 164 Å². The molecule has 0 amide bonds. The van der Waals surface area contributed by atoms with Gasteiger partial charge in [0, 0.05) is 51.6 Å². The molecule has 5 heteroatoms. The lowest BCUT2D eigenvalue weighted by molar-refractivity contribution is 1.14. The van der Waals surface area contributed by atoms with Crippen molar-refractivity contribution in [2.24, 2.45) is 0 Å². The Kier molecular flexibility index (Phi) is 5.74. The predicted octanol–water partition coefficient (Wildman–Crippen LogP) is 10.1. The van der Waals surface area contributed by atoms with Crippen molar-refractivity contribution in [1.29, 1.82) is 0 Å². The minimum Gasteiger partial charge on any atom is -0.310 e. The van der Waals surface area contributed by atoms with Gasteiger partial charge in [-0.25, -0.2) is 0 Å². The smallest absolute Gasteiger partial charge is 0.0985 e. The van der Waals surface area contributed by atoms with Gasteiger partial charge >= 0.3 is 0 Å². The maximum Gasteiger partial charge on any atom is 0.0985 e. The summed E-state index contributed by atoms with van der Waals surface area (Å²) in [5, 5.41) is 2.14. The Morgan fingerprint density at radius 2 is 1.02 bits per heavy atom. The lowest BCUT2D eigenvalue weighted by atomic mass is 10.1. The summed E-state index contributed by atoms with van der Waals surface area (Å²) in [4.78, 5) is 12.3. The molecule has 0 aliphatic carbocycles. The number of benzene rings is 5. The number of nitrogens with zero attached hydrogens (tertiary/aromatic N) is 5. The molecule has 0 aliphatic rings. The Balaban J connectivity index is 1.39. The lowest BCUT2D eigenvalue weighted by Crippen LogP contribution is -2.10. The van der Waals surface area contributed by atoms with Crippen LogP contribution in [0.4, 0.5) is 17.1 Å². The molecule has 5 aromatic carbocycles. The van der Waals surface area contributed by atoms with E-state index in [9.17, 15) is 0 Å². The fraction of sp³-hybridized carbons (Fsp3) is 0. The van der Waals surface area contributed by atoms with Crippen molar-refractivity contribution < 1.29 is 0 Å². The summed E-state index contributed by atoms with van der Waals surface area (Å²) in [6.45, 7) is 0. The van der Waals surface area contributed by atoms with Crippen molar-refractivity contribution in [1.82, 2.24) is 19.1 Å². The van der Waals surface area contributed by atoms with Gasteiger partial charge in [-0.3, -0.25) is 9.97 Å². The number of pyridine rings is 2. The van der Waals surface area contributed by atoms with E-state index < -0.39 is 0 Å². The molecule has 4 heterocycles. The van der Waals surface area contributed by atoms with Gasteiger partial charge in [0.05, 0.1) is 33.1 Å². The van der Waals surface area contributed by atoms with Crippen LogP contribution in [0.2, 0.25) is 0 Å². The largest absolute Gasteiger partial charge is 0.310 e. The molecule has 5 nitrogen and oxygen atoms in total. The zero-order valence-electron chi connectivity index (χ0n) is 24.3. The second-order valence-corrected chi connectivity index (χ2v) is 11.1. The van der Waals surface area contributed by atoms with Gasteiger partial charge < -0.3 is 14.0 Å². The van der Waals surface area contributed by atoms with Crippen molar-refractivity contribution >= 4 is 60.9 Å². The van der Waals surface area contributed by atoms with E-state index in [0.29, 0.717) is 0 Å². The summed E-state index contributed by atoms with van der Waals surface area (Å²) < 4.78 is 4.71. The highest BCUT2D eigenvalue weighted by molar-refractivity contribution is 6.21. The average molecular weight is 578 g/mol. The molecule has 45 heavy (non-hydrogen) atoms. The van der Waals surface area contributed by atoms with E-state index in [1.165, 1.54) is 0 Å². The minimum absolute atomic E-state index is 0.940. The molecule has 0 fully saturated rings. The summed E-state index contributed by atoms with van der Waals surface area (Å²) in [7, 11) is 0. The van der Waals surface area contributed by atoms with Crippen LogP contribution in [0.5, 0.6) is 0 Å². The normalized spacial score (nSPS) is 11.6. The molecule has 4 aromatic heterocycles. The van der Waals surface area contributed by atoms with Crippen molar-refractivity contribution in [3.63, 3.8) is 0 Å². The maximum atomic E-state index is 5.11. The van der Waals surface area contributed by atoms with E-state index in [-0.39, 0.29) is 0 Å². The second-order valence-electron chi connectivity index (χ2n) is 11.1. The monoisotopic (exact) mass is 577 g/mol. The first-order chi connectivity index (χ1) is 22.4. The minimum atomic E-state index is 0.940. The first kappa shape index (κ1) is 25.3. The number of aromatic nitrogens is 4. The molecule has 9 aromatic rings. The number of fused-ring (bicyclic) bond motifs is 7. The number of rotatable bonds is 5. The molecular formula is C40H27N5. The molecule has 0 saturated heterocycles. The topological polar surface area (TPSA) is 38.9 Å². The van der Waals surface area contributed by atoms with Gasteiger partial charge in [-0.05, 0) is 72.8 Å². The highest BCUT2D eigenvalue weighted by Gasteiger charge is 2.23. The summed E-state index contributed by atoms with van der Waals surface area (Å²) >= 11 is 0. The molecule has 9 rings (SSSR count). The van der Waals surface area contributed by atoms with E-state index in [0.717, 1.165) is 72.3 Å². The number of hydrogen-bond acceptors (Lipinski definition) is 3. The summed E-state index contributed by atoms with van der Waals surface area (Å²) in [6, 6.07) is 53.1. The number of hydrogen-bond donors (Lipinski definition) is 0. The molecule has 0 saturated carbocycles. The van der Waals surface area contributed by atoms with Gasteiger partial charge in [0.15, 0.2) is 0 Å². The Morgan fingerprint density at radius 1 is 0.422 bits per heavy atom. The van der Waals surface area contributed by atoms with Crippen LogP contribution < -0.4 is 4.90 Å². The number of anilines is 3. The predicted molar refractivity (Wildman–Crippen MR) is 185 cm³/mol. The van der Waals surface area contributed by atoms with Crippen LogP contribution in [0, 0.1) is 0 Å². The quantitative estimate of drug-likeness (QED) is 0.204. The van der Waals surface area contributed by atoms with Crippen LogP contribution >= 0.6 is 0 Å². The average Bonchev–Trinajstić information content (AvgIpc) is 3.63. The first-order valence-electron chi connectivity index (χ1n) is 15.1. The van der Waals surface area contributed by atoms with Crippen molar-refractivity contribution in [2.75, 3.05) is 4.90 Å². The molecule has 0 bridgehead atoms. The molecule has 212 valence electrons. The van der Waals surface area contributed by atoms with Crippen LogP contribution in [-0.2, 0) is 0 Å². The Bertz CT molecular complexity index is 2440. The summed E-state index contributed by atoms with van der Waals surface area (Å²) in [6.07, 6.45) is 3.86. The zero-order valence-corrected chi connectivity index (χ0v) is 24.3. The van der Waals surface area contributed by atoms with Gasteiger partial charge in [-0.2, -0.15) is 0 Å². The maximum absolute atomic E-state index is 5.11. The van der Waals surface area contributed by atoms with Crippen molar-refractivity contribution in [3.05, 3.63) is 164 Å². The Labute approximate surface area is 259 Å². The van der Waals surface area contributed by atoms with Gasteiger partial charge in [0.25, 0.3) is 0 Å². The molecule has 0 spiro atoms. The Hall–Kier alpha value is -6.20. The third-order valence-electron chi connectivity index (χ3n) is 8.55. The second kappa shape index (κ2) is 10.2. The van der Waals surface area contributed by atoms with Crippen LogP contribution in [-0.4, -0.2) is 19.1 Å². The van der Waals surface area contributed by atoms with Gasteiger partial charge in [0.2, 0.25) is 0 Å². The number of para-hydroxylation sites is 4. The molecule has 0 atom stereocenters. The van der Waals surface area contributed by atoms with Gasteiger partial charge in [-0.15, -0.1) is 0 Å². The van der Waals surface area contributed by atoms with E-state index in [1.807, 2.05) is 18.5 Å². The molecule has 0 radical (unpaired) electrons.